The number of fused-ring (bicyclic) bond motifs is 1. The molecule has 136 valence electrons. The normalized spacial score (nSPS) is 16.4. The van der Waals surface area contributed by atoms with Gasteiger partial charge in [0, 0.05) is 11.4 Å². The summed E-state index contributed by atoms with van der Waals surface area (Å²) in [5.41, 5.74) is 4.53. The fraction of sp³-hybridized carbons (Fsp3) is 0.0800. The Balaban J connectivity index is 1.58. The van der Waals surface area contributed by atoms with Crippen molar-refractivity contribution in [3.05, 3.63) is 113 Å². The average molecular weight is 383 g/mol. The van der Waals surface area contributed by atoms with E-state index in [0.29, 0.717) is 0 Å². The Morgan fingerprint density at radius 3 is 2.36 bits per heavy atom. The number of halogens is 1. The zero-order valence-electron chi connectivity index (χ0n) is 15.3. The molecule has 2 nitrogen and oxygen atoms in total. The standard InChI is InChI=1S/C25H19ClN2/c26-22-10-6-9-21(16-22)25-17-24(27-28(25)23-11-2-1-3-12-23)20-14-13-18-7-4-5-8-19(18)15-20/h1-16,25H,17H2/t25-/m0/s1. The van der Waals surface area contributed by atoms with Gasteiger partial charge in [0.15, 0.2) is 0 Å². The minimum absolute atomic E-state index is 0.127. The van der Waals surface area contributed by atoms with Crippen molar-refractivity contribution >= 4 is 33.8 Å². The second kappa shape index (κ2) is 7.14. The van der Waals surface area contributed by atoms with E-state index in [4.69, 9.17) is 16.7 Å². The average Bonchev–Trinajstić information content (AvgIpc) is 3.20. The zero-order chi connectivity index (χ0) is 18.9. The van der Waals surface area contributed by atoms with Crippen LogP contribution >= 0.6 is 11.6 Å². The van der Waals surface area contributed by atoms with E-state index in [0.717, 1.165) is 22.8 Å². The number of rotatable bonds is 3. The number of hydrogen-bond donors (Lipinski definition) is 0. The van der Waals surface area contributed by atoms with Gasteiger partial charge in [-0.15, -0.1) is 0 Å². The van der Waals surface area contributed by atoms with Gasteiger partial charge in [-0.2, -0.15) is 5.10 Å². The van der Waals surface area contributed by atoms with E-state index < -0.39 is 0 Å². The van der Waals surface area contributed by atoms with E-state index in [-0.39, 0.29) is 6.04 Å². The molecule has 0 amide bonds. The van der Waals surface area contributed by atoms with Crippen molar-refractivity contribution in [2.75, 3.05) is 5.01 Å². The molecule has 1 aliphatic rings. The van der Waals surface area contributed by atoms with Gasteiger partial charge in [0.25, 0.3) is 0 Å². The third kappa shape index (κ3) is 3.17. The molecule has 4 aromatic rings. The van der Waals surface area contributed by atoms with Crippen LogP contribution < -0.4 is 5.01 Å². The van der Waals surface area contributed by atoms with Gasteiger partial charge >= 0.3 is 0 Å². The SMILES string of the molecule is Clc1cccc([C@@H]2CC(c3ccc4ccccc4c3)=NN2c2ccccc2)c1. The van der Waals surface area contributed by atoms with Crippen LogP contribution in [-0.2, 0) is 0 Å². The molecule has 4 aromatic carbocycles. The molecular weight excluding hydrogens is 364 g/mol. The highest BCUT2D eigenvalue weighted by Gasteiger charge is 2.30. The maximum Gasteiger partial charge on any atom is 0.0832 e. The second-order valence-electron chi connectivity index (χ2n) is 7.06. The predicted octanol–water partition coefficient (Wildman–Crippen LogP) is 6.85. The Morgan fingerprint density at radius 1 is 0.750 bits per heavy atom. The quantitative estimate of drug-likeness (QED) is 0.378. The first-order valence-electron chi connectivity index (χ1n) is 9.44. The van der Waals surface area contributed by atoms with E-state index in [1.807, 2.05) is 36.4 Å². The maximum absolute atomic E-state index is 6.28. The lowest BCUT2D eigenvalue weighted by atomic mass is 9.97. The number of nitrogens with zero attached hydrogens (tertiary/aromatic N) is 2. The third-order valence-corrected chi connectivity index (χ3v) is 5.48. The fourth-order valence-electron chi connectivity index (χ4n) is 3.85. The Bertz CT molecular complexity index is 1170. The van der Waals surface area contributed by atoms with Gasteiger partial charge in [-0.1, -0.05) is 78.3 Å². The van der Waals surface area contributed by atoms with Gasteiger partial charge in [0.2, 0.25) is 0 Å². The molecule has 0 N–H and O–H groups in total. The molecule has 0 fully saturated rings. The number of para-hydroxylation sites is 1. The van der Waals surface area contributed by atoms with Gasteiger partial charge < -0.3 is 0 Å². The Morgan fingerprint density at radius 2 is 1.54 bits per heavy atom. The van der Waals surface area contributed by atoms with Gasteiger partial charge in [0.05, 0.1) is 17.4 Å². The van der Waals surface area contributed by atoms with Crippen LogP contribution in [0.5, 0.6) is 0 Å². The first kappa shape index (κ1) is 17.0. The summed E-state index contributed by atoms with van der Waals surface area (Å²) in [6, 6.07) is 33.6. The maximum atomic E-state index is 6.28. The van der Waals surface area contributed by atoms with Crippen LogP contribution in [-0.4, -0.2) is 5.71 Å². The molecule has 0 saturated heterocycles. The molecule has 0 aliphatic carbocycles. The van der Waals surface area contributed by atoms with E-state index in [1.165, 1.54) is 21.9 Å². The van der Waals surface area contributed by atoms with Gasteiger partial charge in [-0.05, 0) is 52.2 Å². The lowest BCUT2D eigenvalue weighted by molar-refractivity contribution is 0.709. The molecule has 0 aromatic heterocycles. The molecule has 1 aliphatic heterocycles. The molecule has 0 unspecified atom stereocenters. The minimum atomic E-state index is 0.127. The smallest absolute Gasteiger partial charge is 0.0832 e. The molecule has 1 atom stereocenters. The highest BCUT2D eigenvalue weighted by molar-refractivity contribution is 6.30. The van der Waals surface area contributed by atoms with E-state index >= 15 is 0 Å². The van der Waals surface area contributed by atoms with Crippen molar-refractivity contribution in [2.24, 2.45) is 5.10 Å². The van der Waals surface area contributed by atoms with Crippen LogP contribution in [0.2, 0.25) is 5.02 Å². The van der Waals surface area contributed by atoms with Crippen LogP contribution in [0.3, 0.4) is 0 Å². The first-order chi connectivity index (χ1) is 13.8. The zero-order valence-corrected chi connectivity index (χ0v) is 16.1. The van der Waals surface area contributed by atoms with Crippen molar-refractivity contribution < 1.29 is 0 Å². The molecule has 0 spiro atoms. The molecule has 5 rings (SSSR count). The Hall–Kier alpha value is -3.10. The molecule has 28 heavy (non-hydrogen) atoms. The van der Waals surface area contributed by atoms with Crippen molar-refractivity contribution in [1.29, 1.82) is 0 Å². The van der Waals surface area contributed by atoms with Crippen molar-refractivity contribution in [1.82, 2.24) is 0 Å². The molecule has 0 bridgehead atoms. The van der Waals surface area contributed by atoms with E-state index in [9.17, 15) is 0 Å². The molecule has 3 heteroatoms. The van der Waals surface area contributed by atoms with E-state index in [1.54, 1.807) is 0 Å². The summed E-state index contributed by atoms with van der Waals surface area (Å²) >= 11 is 6.28. The summed E-state index contributed by atoms with van der Waals surface area (Å²) < 4.78 is 0. The number of hydrogen-bond acceptors (Lipinski definition) is 2. The lowest BCUT2D eigenvalue weighted by Gasteiger charge is -2.24. The third-order valence-electron chi connectivity index (χ3n) is 5.25. The minimum Gasteiger partial charge on any atom is -0.257 e. The molecule has 1 heterocycles. The summed E-state index contributed by atoms with van der Waals surface area (Å²) in [6.45, 7) is 0. The molecular formula is C25H19ClN2. The summed E-state index contributed by atoms with van der Waals surface area (Å²) in [7, 11) is 0. The second-order valence-corrected chi connectivity index (χ2v) is 7.50. The van der Waals surface area contributed by atoms with E-state index in [2.05, 4.69) is 65.7 Å². The monoisotopic (exact) mass is 382 g/mol. The van der Waals surface area contributed by atoms with Crippen LogP contribution in [0.15, 0.2) is 102 Å². The number of hydrazone groups is 1. The van der Waals surface area contributed by atoms with Crippen LogP contribution in [0, 0.1) is 0 Å². The number of anilines is 1. The summed E-state index contributed by atoms with van der Waals surface area (Å²) in [5.74, 6) is 0. The van der Waals surface area contributed by atoms with Crippen LogP contribution in [0.1, 0.15) is 23.6 Å². The Labute approximate surface area is 169 Å². The molecule has 0 saturated carbocycles. The predicted molar refractivity (Wildman–Crippen MR) is 118 cm³/mol. The summed E-state index contributed by atoms with van der Waals surface area (Å²) in [5, 5.41) is 10.4. The van der Waals surface area contributed by atoms with Gasteiger partial charge in [-0.25, -0.2) is 0 Å². The van der Waals surface area contributed by atoms with Crippen LogP contribution in [0.4, 0.5) is 5.69 Å². The van der Waals surface area contributed by atoms with Gasteiger partial charge in [-0.3, -0.25) is 5.01 Å². The largest absolute Gasteiger partial charge is 0.257 e. The first-order valence-corrected chi connectivity index (χ1v) is 9.82. The topological polar surface area (TPSA) is 15.6 Å². The number of benzene rings is 4. The summed E-state index contributed by atoms with van der Waals surface area (Å²) in [6.07, 6.45) is 0.841. The van der Waals surface area contributed by atoms with Gasteiger partial charge in [0.1, 0.15) is 0 Å². The Kier molecular flexibility index (Phi) is 4.34. The highest BCUT2D eigenvalue weighted by Crippen LogP contribution is 2.37. The van der Waals surface area contributed by atoms with Crippen molar-refractivity contribution in [2.45, 2.75) is 12.5 Å². The fourth-order valence-corrected chi connectivity index (χ4v) is 4.04. The highest BCUT2D eigenvalue weighted by atomic mass is 35.5. The van der Waals surface area contributed by atoms with Crippen molar-refractivity contribution in [3.63, 3.8) is 0 Å². The summed E-state index contributed by atoms with van der Waals surface area (Å²) in [4.78, 5) is 0. The lowest BCUT2D eigenvalue weighted by Crippen LogP contribution is -2.18. The molecule has 0 radical (unpaired) electrons. The van der Waals surface area contributed by atoms with Crippen LogP contribution in [0.25, 0.3) is 10.8 Å². The van der Waals surface area contributed by atoms with Crippen molar-refractivity contribution in [3.8, 4) is 0 Å².